The molecule has 0 saturated heterocycles. The van der Waals surface area contributed by atoms with E-state index in [1.807, 2.05) is 0 Å². The van der Waals surface area contributed by atoms with Crippen LogP contribution < -0.4 is 0 Å². The third-order valence-electron chi connectivity index (χ3n) is 2.06. The van der Waals surface area contributed by atoms with Crippen molar-refractivity contribution in [2.75, 3.05) is 0 Å². The lowest BCUT2D eigenvalue weighted by molar-refractivity contribution is 0.0680. The smallest absolute Gasteiger partial charge is 0.337 e. The van der Waals surface area contributed by atoms with Crippen LogP contribution in [0.4, 0.5) is 0 Å². The Bertz CT molecular complexity index is 426. The van der Waals surface area contributed by atoms with Crippen molar-refractivity contribution in [2.45, 2.75) is 13.3 Å². The van der Waals surface area contributed by atoms with Crippen molar-refractivity contribution in [2.24, 2.45) is 0 Å². The average molecular weight is 229 g/mol. The molecule has 0 aliphatic carbocycles. The van der Waals surface area contributed by atoms with Gasteiger partial charge in [0.25, 0.3) is 0 Å². The second-order valence-corrected chi connectivity index (χ2v) is 3.30. The molecule has 1 rings (SSSR count). The highest BCUT2D eigenvalue weighted by atomic mass is 35.5. The van der Waals surface area contributed by atoms with Crippen molar-refractivity contribution >= 4 is 23.5 Å². The largest absolute Gasteiger partial charge is 0.478 e. The molecule has 0 fully saturated rings. The molecule has 5 heteroatoms. The van der Waals surface area contributed by atoms with E-state index in [2.05, 4.69) is 0 Å². The van der Waals surface area contributed by atoms with Crippen LogP contribution in [0.5, 0.6) is 0 Å². The minimum atomic E-state index is -1.16. The Morgan fingerprint density at radius 3 is 2.07 bits per heavy atom. The molecule has 0 saturated carbocycles. The summed E-state index contributed by atoms with van der Waals surface area (Å²) in [6.07, 6.45) is 0.377. The van der Waals surface area contributed by atoms with E-state index in [0.717, 1.165) is 0 Å². The van der Waals surface area contributed by atoms with Crippen LogP contribution in [0.15, 0.2) is 12.1 Å². The number of carbonyl (C=O) groups is 2. The summed E-state index contributed by atoms with van der Waals surface area (Å²) in [5.41, 5.74) is 0.329. The van der Waals surface area contributed by atoms with E-state index < -0.39 is 11.9 Å². The molecule has 0 heterocycles. The lowest BCUT2D eigenvalue weighted by atomic mass is 10.0. The molecule has 0 amide bonds. The molecule has 0 spiro atoms. The van der Waals surface area contributed by atoms with Crippen molar-refractivity contribution in [1.82, 2.24) is 0 Å². The van der Waals surface area contributed by atoms with E-state index in [-0.39, 0.29) is 16.1 Å². The maximum atomic E-state index is 10.8. The summed E-state index contributed by atoms with van der Waals surface area (Å²) in [5, 5.41) is 17.6. The van der Waals surface area contributed by atoms with E-state index in [0.29, 0.717) is 12.0 Å². The molecular weight excluding hydrogens is 220 g/mol. The maximum absolute atomic E-state index is 10.8. The molecule has 0 aliphatic rings. The zero-order valence-corrected chi connectivity index (χ0v) is 8.71. The molecule has 80 valence electrons. The van der Waals surface area contributed by atoms with Crippen LogP contribution in [0, 0.1) is 0 Å². The van der Waals surface area contributed by atoms with E-state index in [1.165, 1.54) is 12.1 Å². The number of hydrogen-bond acceptors (Lipinski definition) is 2. The highest BCUT2D eigenvalue weighted by Crippen LogP contribution is 2.25. The molecule has 2 N–H and O–H groups in total. The van der Waals surface area contributed by atoms with Gasteiger partial charge >= 0.3 is 11.9 Å². The van der Waals surface area contributed by atoms with Gasteiger partial charge in [0.1, 0.15) is 0 Å². The fraction of sp³-hybridized carbons (Fsp3) is 0.200. The summed E-state index contributed by atoms with van der Waals surface area (Å²) in [7, 11) is 0. The van der Waals surface area contributed by atoms with Crippen LogP contribution in [0.1, 0.15) is 33.2 Å². The van der Waals surface area contributed by atoms with Gasteiger partial charge < -0.3 is 10.2 Å². The normalized spacial score (nSPS) is 10.0. The zero-order valence-electron chi connectivity index (χ0n) is 7.95. The Labute approximate surface area is 91.1 Å². The summed E-state index contributed by atoms with van der Waals surface area (Å²) in [5.74, 6) is -2.27. The highest BCUT2D eigenvalue weighted by molar-refractivity contribution is 6.34. The molecule has 0 aliphatic heterocycles. The zero-order chi connectivity index (χ0) is 11.6. The molecule has 0 bridgehead atoms. The fourth-order valence-corrected chi connectivity index (χ4v) is 1.71. The van der Waals surface area contributed by atoms with Crippen LogP contribution in [-0.4, -0.2) is 22.2 Å². The minimum Gasteiger partial charge on any atom is -0.478 e. The molecule has 4 nitrogen and oxygen atoms in total. The summed E-state index contributed by atoms with van der Waals surface area (Å²) in [6.45, 7) is 1.72. The summed E-state index contributed by atoms with van der Waals surface area (Å²) in [4.78, 5) is 21.5. The molecule has 15 heavy (non-hydrogen) atoms. The predicted molar refractivity (Wildman–Crippen MR) is 54.7 cm³/mol. The van der Waals surface area contributed by atoms with Gasteiger partial charge in [-0.05, 0) is 24.1 Å². The quantitative estimate of drug-likeness (QED) is 0.833. The molecule has 1 aromatic carbocycles. The Kier molecular flexibility index (Phi) is 3.31. The van der Waals surface area contributed by atoms with Gasteiger partial charge in [0.2, 0.25) is 0 Å². The SMILES string of the molecule is CCc1c(C(=O)O)ccc(C(=O)O)c1Cl. The maximum Gasteiger partial charge on any atom is 0.337 e. The number of rotatable bonds is 3. The number of benzene rings is 1. The summed E-state index contributed by atoms with van der Waals surface area (Å²) < 4.78 is 0. The lowest BCUT2D eigenvalue weighted by Crippen LogP contribution is -2.07. The molecular formula is C10H9ClO4. The molecule has 1 aromatic rings. The number of carboxylic acid groups (broad SMARTS) is 2. The highest BCUT2D eigenvalue weighted by Gasteiger charge is 2.18. The van der Waals surface area contributed by atoms with Crippen LogP contribution in [0.25, 0.3) is 0 Å². The fourth-order valence-electron chi connectivity index (χ4n) is 1.33. The predicted octanol–water partition coefficient (Wildman–Crippen LogP) is 2.30. The van der Waals surface area contributed by atoms with E-state index in [4.69, 9.17) is 21.8 Å². The Morgan fingerprint density at radius 1 is 1.20 bits per heavy atom. The van der Waals surface area contributed by atoms with Gasteiger partial charge in [0.15, 0.2) is 0 Å². The first-order valence-electron chi connectivity index (χ1n) is 4.27. The van der Waals surface area contributed by atoms with Crippen molar-refractivity contribution < 1.29 is 19.8 Å². The van der Waals surface area contributed by atoms with E-state index in [1.54, 1.807) is 6.92 Å². The van der Waals surface area contributed by atoms with Gasteiger partial charge in [-0.1, -0.05) is 18.5 Å². The van der Waals surface area contributed by atoms with Gasteiger partial charge in [0, 0.05) is 0 Å². The van der Waals surface area contributed by atoms with Crippen LogP contribution >= 0.6 is 11.6 Å². The monoisotopic (exact) mass is 228 g/mol. The number of carboxylic acids is 2. The second-order valence-electron chi connectivity index (χ2n) is 2.92. The Hall–Kier alpha value is -1.55. The summed E-state index contributed by atoms with van der Waals surface area (Å²) in [6, 6.07) is 2.46. The van der Waals surface area contributed by atoms with Crippen molar-refractivity contribution in [3.05, 3.63) is 33.8 Å². The number of aromatic carboxylic acids is 2. The Balaban J connectivity index is 3.45. The van der Waals surface area contributed by atoms with Crippen molar-refractivity contribution in [3.63, 3.8) is 0 Å². The third-order valence-corrected chi connectivity index (χ3v) is 2.49. The van der Waals surface area contributed by atoms with Crippen molar-refractivity contribution in [1.29, 1.82) is 0 Å². The summed E-state index contributed by atoms with van der Waals surface area (Å²) >= 11 is 5.81. The number of halogens is 1. The van der Waals surface area contributed by atoms with Gasteiger partial charge in [-0.3, -0.25) is 0 Å². The van der Waals surface area contributed by atoms with Gasteiger partial charge in [-0.2, -0.15) is 0 Å². The van der Waals surface area contributed by atoms with Gasteiger partial charge in [0.05, 0.1) is 16.1 Å². The van der Waals surface area contributed by atoms with Gasteiger partial charge in [-0.15, -0.1) is 0 Å². The van der Waals surface area contributed by atoms with E-state index >= 15 is 0 Å². The lowest BCUT2D eigenvalue weighted by Gasteiger charge is -2.08. The molecule has 0 radical (unpaired) electrons. The van der Waals surface area contributed by atoms with Crippen LogP contribution in [0.3, 0.4) is 0 Å². The van der Waals surface area contributed by atoms with Crippen LogP contribution in [-0.2, 0) is 6.42 Å². The third kappa shape index (κ3) is 2.10. The topological polar surface area (TPSA) is 74.6 Å². The van der Waals surface area contributed by atoms with Gasteiger partial charge in [-0.25, -0.2) is 9.59 Å². The van der Waals surface area contributed by atoms with Crippen LogP contribution in [0.2, 0.25) is 5.02 Å². The van der Waals surface area contributed by atoms with E-state index in [9.17, 15) is 9.59 Å². The molecule has 0 unspecified atom stereocenters. The first-order valence-corrected chi connectivity index (χ1v) is 4.64. The standard InChI is InChI=1S/C10H9ClO4/c1-2-5-6(9(12)13)3-4-7(8(5)11)10(14)15/h3-4H,2H2,1H3,(H,12,13)(H,14,15). The minimum absolute atomic E-state index is 0.00454. The second kappa shape index (κ2) is 4.31. The first-order chi connectivity index (χ1) is 6.99. The van der Waals surface area contributed by atoms with Crippen molar-refractivity contribution in [3.8, 4) is 0 Å². The molecule has 0 atom stereocenters. The number of hydrogen-bond donors (Lipinski definition) is 2. The average Bonchev–Trinajstić information content (AvgIpc) is 2.16. The Morgan fingerprint density at radius 2 is 1.67 bits per heavy atom. The molecule has 0 aromatic heterocycles. The first kappa shape index (κ1) is 11.5.